The van der Waals surface area contributed by atoms with E-state index in [1.54, 1.807) is 5.56 Å². The molecule has 0 radical (unpaired) electrons. The van der Waals surface area contributed by atoms with Crippen molar-refractivity contribution in [1.29, 1.82) is 0 Å². The third kappa shape index (κ3) is 2.22. The van der Waals surface area contributed by atoms with Gasteiger partial charge < -0.3 is 9.47 Å². The van der Waals surface area contributed by atoms with E-state index < -0.39 is 0 Å². The summed E-state index contributed by atoms with van der Waals surface area (Å²) in [6.45, 7) is 4.09. The normalized spacial score (nSPS) is 37.2. The maximum atomic E-state index is 14.2. The smallest absolute Gasteiger partial charge is 0.229 e. The number of aryl methyl sites for hydroxylation is 2. The fourth-order valence-electron chi connectivity index (χ4n) is 8.64. The molecule has 29 heavy (non-hydrogen) atoms. The Kier molecular flexibility index (Phi) is 3.32. The number of fused-ring (bicyclic) bond motifs is 3. The second kappa shape index (κ2) is 5.68. The molecule has 3 nitrogen and oxygen atoms in total. The average molecular weight is 389 g/mol. The van der Waals surface area contributed by atoms with Gasteiger partial charge in [0, 0.05) is 29.7 Å². The number of carbonyl (C=O) groups is 1. The number of rotatable bonds is 1. The number of hydrogen-bond acceptors (Lipinski definition) is 1. The molecule has 1 amide bonds. The first-order valence-electron chi connectivity index (χ1n) is 12.0. The van der Waals surface area contributed by atoms with Gasteiger partial charge in [0.1, 0.15) is 0 Å². The van der Waals surface area contributed by atoms with Crippen LogP contribution in [0.3, 0.4) is 0 Å². The highest BCUT2D eigenvalue weighted by Crippen LogP contribution is 2.61. The van der Waals surface area contributed by atoms with Crippen molar-refractivity contribution in [2.24, 2.45) is 23.2 Å². The summed E-state index contributed by atoms with van der Waals surface area (Å²) in [5.74, 6) is 3.06. The first-order valence-corrected chi connectivity index (χ1v) is 12.0. The average Bonchev–Trinajstić information content (AvgIpc) is 3.02. The summed E-state index contributed by atoms with van der Waals surface area (Å²) in [4.78, 5) is 16.5. The topological polar surface area (TPSA) is 25.2 Å². The summed E-state index contributed by atoms with van der Waals surface area (Å²) in [6.07, 6.45) is 11.4. The second-order valence-electron chi connectivity index (χ2n) is 11.1. The van der Waals surface area contributed by atoms with Crippen LogP contribution in [0, 0.1) is 30.1 Å². The molecule has 0 unspecified atom stereocenters. The highest BCUT2D eigenvalue weighted by atomic mass is 16.2. The van der Waals surface area contributed by atoms with Crippen LogP contribution in [0.5, 0.6) is 0 Å². The molecule has 1 aliphatic heterocycles. The number of hydrogen-bond donors (Lipinski definition) is 0. The maximum absolute atomic E-state index is 14.2. The number of aromatic nitrogens is 1. The van der Waals surface area contributed by atoms with Crippen molar-refractivity contribution in [3.8, 4) is 0 Å². The zero-order valence-electron chi connectivity index (χ0n) is 17.6. The Morgan fingerprint density at radius 1 is 1.03 bits per heavy atom. The van der Waals surface area contributed by atoms with Crippen molar-refractivity contribution in [3.63, 3.8) is 0 Å². The van der Waals surface area contributed by atoms with Crippen molar-refractivity contribution in [2.45, 2.75) is 77.3 Å². The van der Waals surface area contributed by atoms with Crippen molar-refractivity contribution in [2.75, 3.05) is 6.54 Å². The third-order valence-corrected chi connectivity index (χ3v) is 9.28. The monoisotopic (exact) mass is 388 g/mol. The standard InChI is InChI=1S/C26H32N2O/c1-16-5-6-22-21(9-16)20-3-2-4-23-24(20)27(22)7-8-28(23)25(29)26-13-17-10-18(14-26)12-19(11-17)15-26/h5-6,9,17-19,23H,2-4,7-8,10-15H2,1H3/t17?,18?,19?,23-,26?/m0/s1. The molecule has 1 aromatic heterocycles. The van der Waals surface area contributed by atoms with Crippen LogP contribution in [0.1, 0.15) is 74.2 Å². The zero-order valence-corrected chi connectivity index (χ0v) is 17.6. The fourth-order valence-corrected chi connectivity index (χ4v) is 8.64. The van der Waals surface area contributed by atoms with E-state index in [0.717, 1.165) is 37.3 Å². The van der Waals surface area contributed by atoms with Crippen LogP contribution in [-0.4, -0.2) is 21.9 Å². The Bertz CT molecular complexity index is 996. The van der Waals surface area contributed by atoms with Gasteiger partial charge in [0.2, 0.25) is 5.91 Å². The van der Waals surface area contributed by atoms with Crippen LogP contribution in [-0.2, 0) is 17.8 Å². The minimum absolute atomic E-state index is 0.00284. The third-order valence-electron chi connectivity index (χ3n) is 9.28. The van der Waals surface area contributed by atoms with E-state index in [1.165, 1.54) is 73.5 Å². The minimum atomic E-state index is -0.00284. The SMILES string of the molecule is Cc1ccc2c(c1)c1c3n2CCN(C(=O)C24CC5CC(CC(C5)C2)C4)[C@H]3CCC1. The molecular formula is C26H32N2O. The van der Waals surface area contributed by atoms with Crippen LogP contribution >= 0.6 is 0 Å². The van der Waals surface area contributed by atoms with E-state index >= 15 is 0 Å². The van der Waals surface area contributed by atoms with Crippen LogP contribution < -0.4 is 0 Å². The van der Waals surface area contributed by atoms with E-state index in [1.807, 2.05) is 0 Å². The van der Waals surface area contributed by atoms with Crippen LogP contribution in [0.2, 0.25) is 0 Å². The summed E-state index contributed by atoms with van der Waals surface area (Å²) in [6, 6.07) is 7.26. The maximum Gasteiger partial charge on any atom is 0.229 e. The summed E-state index contributed by atoms with van der Waals surface area (Å²) >= 11 is 0. The Hall–Kier alpha value is -1.77. The van der Waals surface area contributed by atoms with Gasteiger partial charge in [-0.2, -0.15) is 0 Å². The molecule has 152 valence electrons. The molecule has 4 bridgehead atoms. The molecule has 8 rings (SSSR count). The van der Waals surface area contributed by atoms with E-state index in [9.17, 15) is 4.79 Å². The van der Waals surface area contributed by atoms with Crippen LogP contribution in [0.4, 0.5) is 0 Å². The first kappa shape index (κ1) is 17.0. The van der Waals surface area contributed by atoms with Gasteiger partial charge >= 0.3 is 0 Å². The minimum Gasteiger partial charge on any atom is -0.341 e. The number of nitrogens with zero attached hydrogens (tertiary/aromatic N) is 2. The molecule has 2 aromatic rings. The lowest BCUT2D eigenvalue weighted by molar-refractivity contribution is -0.161. The molecule has 3 heteroatoms. The van der Waals surface area contributed by atoms with Gasteiger partial charge in [-0.1, -0.05) is 11.6 Å². The molecule has 1 atom stereocenters. The summed E-state index contributed by atoms with van der Waals surface area (Å²) in [5.41, 5.74) is 5.77. The van der Waals surface area contributed by atoms with Crippen molar-refractivity contribution < 1.29 is 4.79 Å². The first-order chi connectivity index (χ1) is 14.1. The Labute approximate surface area is 173 Å². The summed E-state index contributed by atoms with van der Waals surface area (Å²) < 4.78 is 2.57. The molecule has 1 aromatic carbocycles. The zero-order chi connectivity index (χ0) is 19.3. The van der Waals surface area contributed by atoms with Gasteiger partial charge in [-0.15, -0.1) is 0 Å². The van der Waals surface area contributed by atoms with Crippen LogP contribution in [0.15, 0.2) is 18.2 Å². The summed E-state index contributed by atoms with van der Waals surface area (Å²) in [7, 11) is 0. The number of benzene rings is 1. The van der Waals surface area contributed by atoms with Crippen LogP contribution in [0.25, 0.3) is 10.9 Å². The Balaban J connectivity index is 1.30. The Morgan fingerprint density at radius 3 is 2.48 bits per heavy atom. The number of carbonyl (C=O) groups excluding carboxylic acids is 1. The number of amides is 1. The summed E-state index contributed by atoms with van der Waals surface area (Å²) in [5, 5.41) is 1.45. The predicted molar refractivity (Wildman–Crippen MR) is 115 cm³/mol. The van der Waals surface area contributed by atoms with Crippen molar-refractivity contribution in [3.05, 3.63) is 35.0 Å². The largest absolute Gasteiger partial charge is 0.341 e. The fraction of sp³-hybridized carbons (Fsp3) is 0.654. The van der Waals surface area contributed by atoms with Crippen molar-refractivity contribution in [1.82, 2.24) is 9.47 Å². The van der Waals surface area contributed by atoms with E-state index in [4.69, 9.17) is 0 Å². The quantitative estimate of drug-likeness (QED) is 0.643. The predicted octanol–water partition coefficient (Wildman–Crippen LogP) is 5.39. The highest BCUT2D eigenvalue weighted by molar-refractivity contribution is 5.88. The molecular weight excluding hydrogens is 356 g/mol. The van der Waals surface area contributed by atoms with E-state index in [2.05, 4.69) is 34.6 Å². The van der Waals surface area contributed by atoms with E-state index in [0.29, 0.717) is 11.9 Å². The lowest BCUT2D eigenvalue weighted by Gasteiger charge is -2.57. The molecule has 0 spiro atoms. The Morgan fingerprint density at radius 2 is 1.76 bits per heavy atom. The molecule has 4 saturated carbocycles. The molecule has 6 aliphatic rings. The molecule has 5 aliphatic carbocycles. The second-order valence-corrected chi connectivity index (χ2v) is 11.1. The van der Waals surface area contributed by atoms with E-state index in [-0.39, 0.29) is 5.41 Å². The molecule has 0 N–H and O–H groups in total. The van der Waals surface area contributed by atoms with Crippen molar-refractivity contribution >= 4 is 16.8 Å². The lowest BCUT2D eigenvalue weighted by atomic mass is 9.49. The molecule has 2 heterocycles. The van der Waals surface area contributed by atoms with Gasteiger partial charge in [-0.3, -0.25) is 4.79 Å². The van der Waals surface area contributed by atoms with Gasteiger partial charge in [0.25, 0.3) is 0 Å². The molecule has 0 saturated heterocycles. The van der Waals surface area contributed by atoms with Gasteiger partial charge in [0.15, 0.2) is 0 Å². The van der Waals surface area contributed by atoms with Gasteiger partial charge in [-0.25, -0.2) is 0 Å². The van der Waals surface area contributed by atoms with Gasteiger partial charge in [0.05, 0.1) is 11.5 Å². The lowest BCUT2D eigenvalue weighted by Crippen LogP contribution is -2.56. The van der Waals surface area contributed by atoms with Gasteiger partial charge in [-0.05, 0) is 100 Å². The molecule has 4 fully saturated rings. The highest BCUT2D eigenvalue weighted by Gasteiger charge is 2.56.